The molecule has 0 N–H and O–H groups in total. The van der Waals surface area contributed by atoms with Crippen LogP contribution < -0.4 is 0 Å². The van der Waals surface area contributed by atoms with Crippen molar-refractivity contribution < 1.29 is 22.7 Å². The highest BCUT2D eigenvalue weighted by Gasteiger charge is 2.39. The van der Waals surface area contributed by atoms with E-state index in [4.69, 9.17) is 4.74 Å². The molecule has 4 unspecified atom stereocenters. The zero-order valence-corrected chi connectivity index (χ0v) is 28.2. The number of aliphatic imine (C=N–C) groups is 1. The first-order valence-corrected chi connectivity index (χ1v) is 16.9. The van der Waals surface area contributed by atoms with Crippen molar-refractivity contribution in [2.75, 3.05) is 0 Å². The van der Waals surface area contributed by atoms with Crippen LogP contribution in [0.1, 0.15) is 107 Å². The van der Waals surface area contributed by atoms with Gasteiger partial charge in [0.25, 0.3) is 0 Å². The van der Waals surface area contributed by atoms with Crippen LogP contribution in [0.5, 0.6) is 0 Å². The van der Waals surface area contributed by atoms with Crippen LogP contribution in [-0.4, -0.2) is 24.3 Å². The van der Waals surface area contributed by atoms with Crippen molar-refractivity contribution in [2.24, 2.45) is 28.2 Å². The van der Waals surface area contributed by atoms with Gasteiger partial charge in [-0.05, 0) is 112 Å². The molecule has 4 aliphatic rings. The van der Waals surface area contributed by atoms with Gasteiger partial charge in [0.2, 0.25) is 0 Å². The topological polar surface area (TPSA) is 38.7 Å². The fourth-order valence-corrected chi connectivity index (χ4v) is 7.36. The van der Waals surface area contributed by atoms with Crippen LogP contribution in [0.15, 0.2) is 87.0 Å². The molecule has 1 aromatic carbocycles. The molecule has 2 fully saturated rings. The number of nitrogens with zero attached hydrogens (tertiary/aromatic N) is 1. The third-order valence-electron chi connectivity index (χ3n) is 10.5. The van der Waals surface area contributed by atoms with Gasteiger partial charge in [0.1, 0.15) is 17.4 Å². The molecule has 6 heteroatoms. The maximum Gasteiger partial charge on any atom is 0.421 e. The van der Waals surface area contributed by atoms with Gasteiger partial charge in [-0.25, -0.2) is 0 Å². The van der Waals surface area contributed by atoms with Crippen molar-refractivity contribution >= 4 is 12.0 Å². The van der Waals surface area contributed by atoms with E-state index < -0.39 is 11.7 Å². The van der Waals surface area contributed by atoms with Gasteiger partial charge in [-0.1, -0.05) is 68.5 Å². The Morgan fingerprint density at radius 3 is 2.63 bits per heavy atom. The summed E-state index contributed by atoms with van der Waals surface area (Å²) in [5.74, 6) is 1.17. The Bertz CT molecular complexity index is 1580. The summed E-state index contributed by atoms with van der Waals surface area (Å²) < 4.78 is 48.6. The Hall–Kier alpha value is -3.37. The van der Waals surface area contributed by atoms with Gasteiger partial charge in [-0.3, -0.25) is 9.79 Å². The molecule has 4 atom stereocenters. The molecular weight excluding hydrogens is 583 g/mol. The van der Waals surface area contributed by atoms with E-state index in [1.54, 1.807) is 6.92 Å². The summed E-state index contributed by atoms with van der Waals surface area (Å²) in [4.78, 5) is 17.6. The lowest BCUT2D eigenvalue weighted by molar-refractivity contribution is -0.0895. The van der Waals surface area contributed by atoms with E-state index in [2.05, 4.69) is 49.7 Å². The molecule has 246 valence electrons. The first-order valence-electron chi connectivity index (χ1n) is 16.9. The van der Waals surface area contributed by atoms with E-state index in [-0.39, 0.29) is 17.6 Å². The minimum atomic E-state index is -4.60. The summed E-state index contributed by atoms with van der Waals surface area (Å²) >= 11 is 0. The zero-order valence-electron chi connectivity index (χ0n) is 28.2. The normalized spacial score (nSPS) is 26.5. The molecule has 3 aliphatic carbocycles. The van der Waals surface area contributed by atoms with Gasteiger partial charge in [-0.2, -0.15) is 13.2 Å². The second-order valence-electron chi connectivity index (χ2n) is 14.7. The minimum Gasteiger partial charge on any atom is -0.488 e. The van der Waals surface area contributed by atoms with Crippen LogP contribution in [0.2, 0.25) is 0 Å². The summed E-state index contributed by atoms with van der Waals surface area (Å²) in [7, 11) is 0. The maximum atomic E-state index is 14.2. The molecule has 2 saturated carbocycles. The Morgan fingerprint density at radius 2 is 1.91 bits per heavy atom. The highest BCUT2D eigenvalue weighted by atomic mass is 19.4. The Balaban J connectivity index is 1.27. The molecule has 1 heterocycles. The third kappa shape index (κ3) is 8.12. The monoisotopic (exact) mass is 631 g/mol. The van der Waals surface area contributed by atoms with E-state index in [0.717, 1.165) is 35.8 Å². The van der Waals surface area contributed by atoms with Gasteiger partial charge in [0.05, 0.1) is 5.70 Å². The number of halogens is 3. The van der Waals surface area contributed by atoms with Gasteiger partial charge < -0.3 is 4.74 Å². The molecule has 0 spiro atoms. The molecule has 0 saturated heterocycles. The predicted molar refractivity (Wildman–Crippen MR) is 180 cm³/mol. The first kappa shape index (κ1) is 34.0. The smallest absolute Gasteiger partial charge is 0.421 e. The zero-order chi connectivity index (χ0) is 33.2. The summed E-state index contributed by atoms with van der Waals surface area (Å²) in [6.45, 7) is 12.5. The van der Waals surface area contributed by atoms with Crippen molar-refractivity contribution in [3.05, 3.63) is 98.7 Å². The number of benzene rings is 1. The number of fused-ring (bicyclic) bond motifs is 1. The lowest BCUT2D eigenvalue weighted by atomic mass is 9.84. The highest BCUT2D eigenvalue weighted by Crippen LogP contribution is 2.42. The molecule has 0 amide bonds. The first-order chi connectivity index (χ1) is 21.7. The van der Waals surface area contributed by atoms with Gasteiger partial charge in [0, 0.05) is 30.2 Å². The van der Waals surface area contributed by atoms with Crippen LogP contribution >= 0.6 is 0 Å². The molecular formula is C40H48F3NO2. The average molecular weight is 632 g/mol. The number of rotatable bonds is 8. The Labute approximate surface area is 272 Å². The molecule has 0 radical (unpaired) electrons. The van der Waals surface area contributed by atoms with E-state index in [1.165, 1.54) is 24.8 Å². The van der Waals surface area contributed by atoms with Crippen LogP contribution in [0, 0.1) is 30.1 Å². The Kier molecular flexibility index (Phi) is 10.2. The fraction of sp³-hybridized carbons (Fsp3) is 0.525. The van der Waals surface area contributed by atoms with Crippen molar-refractivity contribution in [1.29, 1.82) is 0 Å². The quantitative estimate of drug-likeness (QED) is 0.124. The number of ether oxygens (including phenoxy) is 1. The maximum absolute atomic E-state index is 14.2. The van der Waals surface area contributed by atoms with E-state index in [9.17, 15) is 18.0 Å². The number of carbonyl (C=O) groups excluding carboxylic acids is 1. The number of aryl methyl sites for hydroxylation is 2. The second kappa shape index (κ2) is 13.8. The largest absolute Gasteiger partial charge is 0.488 e. The van der Waals surface area contributed by atoms with Crippen LogP contribution in [-0.2, 0) is 11.2 Å². The van der Waals surface area contributed by atoms with Crippen LogP contribution in [0.4, 0.5) is 13.2 Å². The average Bonchev–Trinajstić information content (AvgIpc) is 3.27. The second-order valence-corrected chi connectivity index (χ2v) is 14.7. The molecule has 1 aromatic rings. The van der Waals surface area contributed by atoms with Crippen LogP contribution in [0.3, 0.4) is 0 Å². The number of ketones is 1. The van der Waals surface area contributed by atoms with Crippen molar-refractivity contribution in [2.45, 2.75) is 112 Å². The lowest BCUT2D eigenvalue weighted by Crippen LogP contribution is -2.20. The van der Waals surface area contributed by atoms with Gasteiger partial charge in [-0.15, -0.1) is 0 Å². The van der Waals surface area contributed by atoms with Crippen LogP contribution in [0.25, 0.3) is 0 Å². The standard InChI is InChI=1S/C40H48F3NO2/c1-25-15-17-39(5,6)18-16-30(25)20-27(3)37(45)33-12-11-29(26(2)19-33)13-14-34-21-28(4)38(36(24-44-34)40(41,42)43)46-35-22-31-9-7-8-10-32(31)23-35/h7-9,11-12,19-20,24-25,30,32,35H,10,13-18,22-23H2,1-6H3. The van der Waals surface area contributed by atoms with Crippen molar-refractivity contribution in [3.8, 4) is 0 Å². The van der Waals surface area contributed by atoms with E-state index in [0.29, 0.717) is 65.7 Å². The molecule has 1 aliphatic heterocycles. The van der Waals surface area contributed by atoms with Gasteiger partial charge >= 0.3 is 6.18 Å². The molecule has 5 rings (SSSR count). The molecule has 0 bridgehead atoms. The number of alkyl halides is 3. The number of allylic oxidation sites excluding steroid dienone is 7. The SMILES string of the molecule is CC1=C=C(CCc2ccc(C(=O)C(C)=CC3CCC(C)(C)CCC3C)cc2C)N=CC(C(F)(F)F)=C1OC1CC2=CC=CCC2C1. The summed E-state index contributed by atoms with van der Waals surface area (Å²) in [5, 5.41) is 0. The lowest BCUT2D eigenvalue weighted by Gasteiger charge is -2.21. The number of Topliss-reactive ketones (excluding diaryl/α,β-unsaturated/α-hetero) is 1. The highest BCUT2D eigenvalue weighted by molar-refractivity contribution is 6.08. The summed E-state index contributed by atoms with van der Waals surface area (Å²) in [6.07, 6.45) is 12.3. The number of carbonyl (C=O) groups is 1. The third-order valence-corrected chi connectivity index (χ3v) is 10.5. The van der Waals surface area contributed by atoms with Crippen molar-refractivity contribution in [1.82, 2.24) is 0 Å². The fourth-order valence-electron chi connectivity index (χ4n) is 7.36. The minimum absolute atomic E-state index is 0.0485. The summed E-state index contributed by atoms with van der Waals surface area (Å²) in [5.41, 5.74) is 8.08. The summed E-state index contributed by atoms with van der Waals surface area (Å²) in [6, 6.07) is 5.76. The van der Waals surface area contributed by atoms with E-state index >= 15 is 0 Å². The number of hydrogen-bond donors (Lipinski definition) is 0. The molecule has 3 nitrogen and oxygen atoms in total. The molecule has 0 aromatic heterocycles. The predicted octanol–water partition coefficient (Wildman–Crippen LogP) is 10.9. The van der Waals surface area contributed by atoms with E-state index in [1.807, 2.05) is 38.1 Å². The Morgan fingerprint density at radius 1 is 1.15 bits per heavy atom. The van der Waals surface area contributed by atoms with Gasteiger partial charge in [0.15, 0.2) is 5.78 Å². The molecule has 46 heavy (non-hydrogen) atoms. The van der Waals surface area contributed by atoms with Crippen molar-refractivity contribution in [3.63, 3.8) is 0 Å². The number of hydrogen-bond acceptors (Lipinski definition) is 3.